The van der Waals surface area contributed by atoms with Crippen molar-refractivity contribution in [2.24, 2.45) is 0 Å². The summed E-state index contributed by atoms with van der Waals surface area (Å²) < 4.78 is 5.26. The van der Waals surface area contributed by atoms with Gasteiger partial charge in [0.05, 0.1) is 6.54 Å². The molecule has 0 spiro atoms. The molecular weight excluding hydrogens is 280 g/mol. The Balaban J connectivity index is 1.81. The highest BCUT2D eigenvalue weighted by molar-refractivity contribution is 7.07. The normalized spacial score (nSPS) is 10.2. The summed E-state index contributed by atoms with van der Waals surface area (Å²) in [5.74, 6) is -0.307. The second-order valence-electron chi connectivity index (χ2n) is 4.16. The van der Waals surface area contributed by atoms with Crippen LogP contribution in [0.3, 0.4) is 0 Å². The van der Waals surface area contributed by atoms with Crippen LogP contribution in [0, 0.1) is 6.92 Å². The molecular formula is C13H14N2O4S. The number of rotatable bonds is 5. The Morgan fingerprint density at radius 1 is 1.35 bits per heavy atom. The van der Waals surface area contributed by atoms with Crippen LogP contribution in [0.2, 0.25) is 0 Å². The number of carbonyl (C=O) groups excluding carboxylic acids is 1. The summed E-state index contributed by atoms with van der Waals surface area (Å²) >= 11 is 1.57. The van der Waals surface area contributed by atoms with Gasteiger partial charge in [-0.3, -0.25) is 0 Å². The number of carboxylic acids is 1. The van der Waals surface area contributed by atoms with Crippen LogP contribution in [0.5, 0.6) is 0 Å². The molecule has 106 valence electrons. The molecule has 0 fully saturated rings. The Morgan fingerprint density at radius 3 is 2.70 bits per heavy atom. The minimum Gasteiger partial charge on any atom is -0.478 e. The molecule has 0 aromatic carbocycles. The quantitative estimate of drug-likeness (QED) is 0.789. The highest BCUT2D eigenvalue weighted by Gasteiger charge is 2.13. The van der Waals surface area contributed by atoms with Crippen LogP contribution in [0.15, 0.2) is 27.3 Å². The van der Waals surface area contributed by atoms with Crippen molar-refractivity contribution in [1.29, 1.82) is 0 Å². The molecule has 0 aliphatic carbocycles. The lowest BCUT2D eigenvalue weighted by Gasteiger charge is -2.05. The fraction of sp³-hybridized carbons (Fsp3) is 0.231. The Hall–Kier alpha value is -2.28. The van der Waals surface area contributed by atoms with Gasteiger partial charge in [-0.1, -0.05) is 0 Å². The Bertz CT molecular complexity index is 604. The number of hydrogen-bond acceptors (Lipinski definition) is 4. The molecule has 0 saturated heterocycles. The van der Waals surface area contributed by atoms with E-state index < -0.39 is 5.97 Å². The first-order valence-electron chi connectivity index (χ1n) is 5.91. The molecule has 2 amide bonds. The van der Waals surface area contributed by atoms with Gasteiger partial charge in [-0.2, -0.15) is 11.3 Å². The molecule has 7 heteroatoms. The van der Waals surface area contributed by atoms with Crippen LogP contribution < -0.4 is 10.6 Å². The lowest BCUT2D eigenvalue weighted by molar-refractivity contribution is 0.0695. The Kier molecular flexibility index (Phi) is 4.41. The summed E-state index contributed by atoms with van der Waals surface area (Å²) in [7, 11) is 0. The predicted molar refractivity (Wildman–Crippen MR) is 73.8 cm³/mol. The first kappa shape index (κ1) is 14.1. The standard InChI is InChI=1S/C13H14N2O4S/c1-8-11(12(16)17)4-10(19-8)6-15-13(18)14-5-9-2-3-20-7-9/h2-4,7H,5-6H2,1H3,(H,16,17)(H2,14,15,18). The van der Waals surface area contributed by atoms with Crippen molar-refractivity contribution in [3.63, 3.8) is 0 Å². The molecule has 0 saturated carbocycles. The zero-order chi connectivity index (χ0) is 14.5. The number of hydrogen-bond donors (Lipinski definition) is 3. The maximum atomic E-state index is 11.6. The predicted octanol–water partition coefficient (Wildman–Crippen LogP) is 2.35. The van der Waals surface area contributed by atoms with E-state index in [0.717, 1.165) is 5.56 Å². The van der Waals surface area contributed by atoms with Gasteiger partial charge in [0.1, 0.15) is 17.1 Å². The van der Waals surface area contributed by atoms with Gasteiger partial charge in [-0.15, -0.1) is 0 Å². The van der Waals surface area contributed by atoms with Crippen molar-refractivity contribution in [2.75, 3.05) is 0 Å². The molecule has 6 nitrogen and oxygen atoms in total. The maximum Gasteiger partial charge on any atom is 0.339 e. The second kappa shape index (κ2) is 6.25. The number of aryl methyl sites for hydroxylation is 1. The molecule has 0 atom stereocenters. The van der Waals surface area contributed by atoms with Gasteiger partial charge in [0.2, 0.25) is 0 Å². The van der Waals surface area contributed by atoms with E-state index in [-0.39, 0.29) is 18.1 Å². The van der Waals surface area contributed by atoms with Crippen LogP contribution in [0.1, 0.15) is 27.4 Å². The number of carbonyl (C=O) groups is 2. The van der Waals surface area contributed by atoms with E-state index in [1.807, 2.05) is 16.8 Å². The Morgan fingerprint density at radius 2 is 2.10 bits per heavy atom. The van der Waals surface area contributed by atoms with Crippen LogP contribution in [-0.4, -0.2) is 17.1 Å². The third-order valence-corrected chi connectivity index (χ3v) is 3.39. The molecule has 0 unspecified atom stereocenters. The first-order valence-corrected chi connectivity index (χ1v) is 6.86. The minimum absolute atomic E-state index is 0.112. The zero-order valence-corrected chi connectivity index (χ0v) is 11.6. The molecule has 0 bridgehead atoms. The molecule has 3 N–H and O–H groups in total. The van der Waals surface area contributed by atoms with E-state index >= 15 is 0 Å². The second-order valence-corrected chi connectivity index (χ2v) is 4.94. The highest BCUT2D eigenvalue weighted by Crippen LogP contribution is 2.14. The van der Waals surface area contributed by atoms with Gasteiger partial charge in [-0.25, -0.2) is 9.59 Å². The molecule has 0 radical (unpaired) electrons. The van der Waals surface area contributed by atoms with Gasteiger partial charge in [0.25, 0.3) is 0 Å². The summed E-state index contributed by atoms with van der Waals surface area (Å²) in [5.41, 5.74) is 1.15. The van der Waals surface area contributed by atoms with E-state index in [1.165, 1.54) is 6.07 Å². The van der Waals surface area contributed by atoms with Crippen molar-refractivity contribution in [2.45, 2.75) is 20.0 Å². The van der Waals surface area contributed by atoms with Crippen molar-refractivity contribution in [1.82, 2.24) is 10.6 Å². The topological polar surface area (TPSA) is 91.6 Å². The van der Waals surface area contributed by atoms with E-state index in [0.29, 0.717) is 18.1 Å². The SMILES string of the molecule is Cc1oc(CNC(=O)NCc2ccsc2)cc1C(=O)O. The molecule has 0 aliphatic heterocycles. The highest BCUT2D eigenvalue weighted by atomic mass is 32.1. The molecule has 2 heterocycles. The smallest absolute Gasteiger partial charge is 0.339 e. The van der Waals surface area contributed by atoms with Gasteiger partial charge in [0, 0.05) is 6.54 Å². The number of amides is 2. The number of aromatic carboxylic acids is 1. The van der Waals surface area contributed by atoms with Crippen LogP contribution in [0.25, 0.3) is 0 Å². The fourth-order valence-corrected chi connectivity index (χ4v) is 2.32. The largest absolute Gasteiger partial charge is 0.478 e. The average molecular weight is 294 g/mol. The maximum absolute atomic E-state index is 11.6. The van der Waals surface area contributed by atoms with Gasteiger partial charge < -0.3 is 20.2 Å². The van der Waals surface area contributed by atoms with E-state index in [2.05, 4.69) is 10.6 Å². The monoisotopic (exact) mass is 294 g/mol. The summed E-state index contributed by atoms with van der Waals surface area (Å²) in [5, 5.41) is 18.1. The number of thiophene rings is 1. The van der Waals surface area contributed by atoms with E-state index in [1.54, 1.807) is 18.3 Å². The lowest BCUT2D eigenvalue weighted by Crippen LogP contribution is -2.34. The molecule has 2 rings (SSSR count). The fourth-order valence-electron chi connectivity index (χ4n) is 1.65. The molecule has 2 aromatic heterocycles. The summed E-state index contributed by atoms with van der Waals surface area (Å²) in [6.45, 7) is 2.17. The van der Waals surface area contributed by atoms with E-state index in [4.69, 9.17) is 9.52 Å². The third kappa shape index (κ3) is 3.61. The number of furan rings is 1. The van der Waals surface area contributed by atoms with Gasteiger partial charge in [0.15, 0.2) is 0 Å². The van der Waals surface area contributed by atoms with Crippen molar-refractivity contribution in [3.8, 4) is 0 Å². The number of carboxylic acid groups (broad SMARTS) is 1. The van der Waals surface area contributed by atoms with Crippen molar-refractivity contribution in [3.05, 3.63) is 45.5 Å². The van der Waals surface area contributed by atoms with Crippen molar-refractivity contribution >= 4 is 23.3 Å². The van der Waals surface area contributed by atoms with Crippen LogP contribution in [0.4, 0.5) is 4.79 Å². The van der Waals surface area contributed by atoms with Crippen molar-refractivity contribution < 1.29 is 19.1 Å². The van der Waals surface area contributed by atoms with Gasteiger partial charge >= 0.3 is 12.0 Å². The Labute approximate surface area is 119 Å². The zero-order valence-electron chi connectivity index (χ0n) is 10.8. The summed E-state index contributed by atoms with van der Waals surface area (Å²) in [4.78, 5) is 22.4. The van der Waals surface area contributed by atoms with Gasteiger partial charge in [-0.05, 0) is 35.4 Å². The number of urea groups is 1. The first-order chi connectivity index (χ1) is 9.56. The average Bonchev–Trinajstić information content (AvgIpc) is 3.03. The number of nitrogens with one attached hydrogen (secondary N) is 2. The third-order valence-electron chi connectivity index (χ3n) is 2.66. The minimum atomic E-state index is -1.04. The summed E-state index contributed by atoms with van der Waals surface area (Å²) in [6.07, 6.45) is 0. The molecule has 2 aromatic rings. The molecule has 20 heavy (non-hydrogen) atoms. The van der Waals surface area contributed by atoms with Crippen LogP contribution in [-0.2, 0) is 13.1 Å². The van der Waals surface area contributed by atoms with Crippen LogP contribution >= 0.6 is 11.3 Å². The lowest BCUT2D eigenvalue weighted by atomic mass is 10.2. The van der Waals surface area contributed by atoms with E-state index in [9.17, 15) is 9.59 Å². The molecule has 0 aliphatic rings. The summed E-state index contributed by atoms with van der Waals surface area (Å²) in [6, 6.07) is 3.01.